The third-order valence-corrected chi connectivity index (χ3v) is 3.60. The Morgan fingerprint density at radius 2 is 2.07 bits per heavy atom. The Hall–Kier alpha value is -0.570. The van der Waals surface area contributed by atoms with Crippen molar-refractivity contribution in [1.82, 2.24) is 10.2 Å². The van der Waals surface area contributed by atoms with Crippen molar-refractivity contribution in [2.75, 3.05) is 20.1 Å². The highest BCUT2D eigenvalue weighted by atomic mass is 16.2. The smallest absolute Gasteiger partial charge is 0.225 e. The lowest BCUT2D eigenvalue weighted by Gasteiger charge is -2.37. The van der Waals surface area contributed by atoms with Gasteiger partial charge in [-0.05, 0) is 32.7 Å². The maximum atomic E-state index is 11.9. The number of hydrogen-bond acceptors (Lipinski definition) is 2. The number of piperidine rings is 1. The van der Waals surface area contributed by atoms with Crippen molar-refractivity contribution in [3.63, 3.8) is 0 Å². The molecular weight excluding hydrogens is 176 g/mol. The van der Waals surface area contributed by atoms with Gasteiger partial charge >= 0.3 is 0 Å². The molecule has 3 nitrogen and oxygen atoms in total. The van der Waals surface area contributed by atoms with Crippen LogP contribution in [0.3, 0.4) is 0 Å². The minimum absolute atomic E-state index is 0.366. The van der Waals surface area contributed by atoms with E-state index in [1.54, 1.807) is 0 Å². The number of nitrogens with one attached hydrogen (secondary N) is 1. The number of amides is 1. The Morgan fingerprint density at radius 3 is 2.64 bits per heavy atom. The maximum absolute atomic E-state index is 11.9. The zero-order valence-corrected chi connectivity index (χ0v) is 8.96. The summed E-state index contributed by atoms with van der Waals surface area (Å²) in [6.07, 6.45) is 5.87. The molecule has 1 aliphatic heterocycles. The number of nitrogens with zero attached hydrogens (tertiary/aromatic N) is 1. The van der Waals surface area contributed by atoms with E-state index in [4.69, 9.17) is 0 Å². The summed E-state index contributed by atoms with van der Waals surface area (Å²) in [5.41, 5.74) is 0. The van der Waals surface area contributed by atoms with Gasteiger partial charge in [0, 0.05) is 25.0 Å². The summed E-state index contributed by atoms with van der Waals surface area (Å²) in [6, 6.07) is 0.521. The van der Waals surface area contributed by atoms with E-state index in [0.717, 1.165) is 32.4 Å². The number of carbonyl (C=O) groups excluding carboxylic acids is 1. The summed E-state index contributed by atoms with van der Waals surface area (Å²) in [7, 11) is 1.99. The Kier molecular flexibility index (Phi) is 3.06. The van der Waals surface area contributed by atoms with E-state index < -0.39 is 0 Å². The minimum atomic E-state index is 0.366. The van der Waals surface area contributed by atoms with Gasteiger partial charge in [-0.25, -0.2) is 0 Å². The number of rotatable bonds is 2. The second kappa shape index (κ2) is 4.30. The molecule has 1 aliphatic carbocycles. The Bertz CT molecular complexity index is 213. The molecule has 1 amide bonds. The quantitative estimate of drug-likeness (QED) is 0.714. The summed E-state index contributed by atoms with van der Waals surface area (Å²) in [6.45, 7) is 1.90. The van der Waals surface area contributed by atoms with Gasteiger partial charge in [-0.3, -0.25) is 4.79 Å². The first-order valence-electron chi connectivity index (χ1n) is 5.77. The average molecular weight is 196 g/mol. The molecule has 1 N–H and O–H groups in total. The molecule has 1 saturated heterocycles. The highest BCUT2D eigenvalue weighted by Gasteiger charge is 2.31. The molecule has 1 unspecified atom stereocenters. The molecule has 0 radical (unpaired) electrons. The molecule has 0 bridgehead atoms. The minimum Gasteiger partial charge on any atom is -0.341 e. The van der Waals surface area contributed by atoms with Crippen LogP contribution in [0.1, 0.15) is 32.1 Å². The van der Waals surface area contributed by atoms with Crippen LogP contribution in [0, 0.1) is 5.92 Å². The predicted octanol–water partition coefficient (Wildman–Crippen LogP) is 0.997. The summed E-state index contributed by atoms with van der Waals surface area (Å²) in [5, 5.41) is 3.27. The second-order valence-corrected chi connectivity index (χ2v) is 4.54. The SMILES string of the molecule is CNC1CCCN(C(=O)C2CCC2)C1. The predicted molar refractivity (Wildman–Crippen MR) is 56.0 cm³/mol. The Balaban J connectivity index is 1.86. The first-order valence-corrected chi connectivity index (χ1v) is 5.77. The molecule has 1 heterocycles. The van der Waals surface area contributed by atoms with E-state index in [1.807, 2.05) is 7.05 Å². The van der Waals surface area contributed by atoms with Crippen molar-refractivity contribution >= 4 is 5.91 Å². The van der Waals surface area contributed by atoms with Gasteiger partial charge in [-0.2, -0.15) is 0 Å². The summed E-state index contributed by atoms with van der Waals surface area (Å²) in [4.78, 5) is 14.0. The lowest BCUT2D eigenvalue weighted by atomic mass is 9.84. The van der Waals surface area contributed by atoms with E-state index in [0.29, 0.717) is 17.9 Å². The van der Waals surface area contributed by atoms with Crippen molar-refractivity contribution in [2.24, 2.45) is 5.92 Å². The Labute approximate surface area is 85.8 Å². The molecule has 0 aromatic heterocycles. The van der Waals surface area contributed by atoms with Crippen LogP contribution in [-0.2, 0) is 4.79 Å². The number of likely N-dealkylation sites (N-methyl/N-ethyl adjacent to an activating group) is 1. The van der Waals surface area contributed by atoms with E-state index in [-0.39, 0.29) is 0 Å². The molecule has 80 valence electrons. The summed E-state index contributed by atoms with van der Waals surface area (Å²) >= 11 is 0. The average Bonchev–Trinajstić information content (AvgIpc) is 2.15. The topological polar surface area (TPSA) is 32.3 Å². The van der Waals surface area contributed by atoms with Gasteiger partial charge in [0.05, 0.1) is 0 Å². The third-order valence-electron chi connectivity index (χ3n) is 3.60. The van der Waals surface area contributed by atoms with Crippen LogP contribution in [0.2, 0.25) is 0 Å². The number of carbonyl (C=O) groups is 1. The summed E-state index contributed by atoms with van der Waals surface area (Å²) in [5.74, 6) is 0.779. The van der Waals surface area contributed by atoms with Crippen molar-refractivity contribution in [1.29, 1.82) is 0 Å². The van der Waals surface area contributed by atoms with Crippen LogP contribution in [0.4, 0.5) is 0 Å². The van der Waals surface area contributed by atoms with Crippen LogP contribution in [0.15, 0.2) is 0 Å². The third kappa shape index (κ3) is 1.92. The zero-order chi connectivity index (χ0) is 9.97. The van der Waals surface area contributed by atoms with Crippen molar-refractivity contribution < 1.29 is 4.79 Å². The van der Waals surface area contributed by atoms with Crippen LogP contribution < -0.4 is 5.32 Å². The van der Waals surface area contributed by atoms with Gasteiger partial charge in [-0.15, -0.1) is 0 Å². The largest absolute Gasteiger partial charge is 0.341 e. The Morgan fingerprint density at radius 1 is 1.29 bits per heavy atom. The maximum Gasteiger partial charge on any atom is 0.225 e. The first-order chi connectivity index (χ1) is 6.81. The lowest BCUT2D eigenvalue weighted by Crippen LogP contribution is -2.49. The molecule has 0 aromatic rings. The first kappa shape index (κ1) is 9.97. The fraction of sp³-hybridized carbons (Fsp3) is 0.909. The van der Waals surface area contributed by atoms with Gasteiger partial charge in [-0.1, -0.05) is 6.42 Å². The molecule has 1 atom stereocenters. The number of hydrogen-bond donors (Lipinski definition) is 1. The van der Waals surface area contributed by atoms with Gasteiger partial charge in [0.1, 0.15) is 0 Å². The molecule has 2 rings (SSSR count). The number of likely N-dealkylation sites (tertiary alicyclic amines) is 1. The standard InChI is InChI=1S/C11H20N2O/c1-12-10-6-3-7-13(8-10)11(14)9-4-2-5-9/h9-10,12H,2-8H2,1H3. The van der Waals surface area contributed by atoms with Crippen LogP contribution in [-0.4, -0.2) is 37.0 Å². The normalized spacial score (nSPS) is 28.6. The van der Waals surface area contributed by atoms with Gasteiger partial charge in [0.15, 0.2) is 0 Å². The van der Waals surface area contributed by atoms with Crippen molar-refractivity contribution in [2.45, 2.75) is 38.1 Å². The van der Waals surface area contributed by atoms with Crippen LogP contribution in [0.5, 0.6) is 0 Å². The van der Waals surface area contributed by atoms with E-state index in [9.17, 15) is 4.79 Å². The van der Waals surface area contributed by atoms with Gasteiger partial charge in [0.25, 0.3) is 0 Å². The lowest BCUT2D eigenvalue weighted by molar-refractivity contribution is -0.139. The molecule has 1 saturated carbocycles. The van der Waals surface area contributed by atoms with Gasteiger partial charge < -0.3 is 10.2 Å². The molecule has 3 heteroatoms. The molecule has 0 aromatic carbocycles. The van der Waals surface area contributed by atoms with Crippen molar-refractivity contribution in [3.8, 4) is 0 Å². The highest BCUT2D eigenvalue weighted by Crippen LogP contribution is 2.29. The van der Waals surface area contributed by atoms with E-state index in [2.05, 4.69) is 10.2 Å². The fourth-order valence-electron chi connectivity index (χ4n) is 2.33. The van der Waals surface area contributed by atoms with Gasteiger partial charge in [0.2, 0.25) is 5.91 Å². The highest BCUT2D eigenvalue weighted by molar-refractivity contribution is 5.79. The van der Waals surface area contributed by atoms with Crippen LogP contribution in [0.25, 0.3) is 0 Å². The fourth-order valence-corrected chi connectivity index (χ4v) is 2.33. The second-order valence-electron chi connectivity index (χ2n) is 4.54. The zero-order valence-electron chi connectivity index (χ0n) is 8.96. The molecule has 0 spiro atoms. The molecule has 2 aliphatic rings. The van der Waals surface area contributed by atoms with Crippen LogP contribution >= 0.6 is 0 Å². The molecular formula is C11H20N2O. The summed E-state index contributed by atoms with van der Waals surface area (Å²) < 4.78 is 0. The monoisotopic (exact) mass is 196 g/mol. The van der Waals surface area contributed by atoms with E-state index >= 15 is 0 Å². The molecule has 14 heavy (non-hydrogen) atoms. The molecule has 2 fully saturated rings. The van der Waals surface area contributed by atoms with E-state index in [1.165, 1.54) is 12.8 Å². The van der Waals surface area contributed by atoms with Crippen molar-refractivity contribution in [3.05, 3.63) is 0 Å².